The zero-order valence-corrected chi connectivity index (χ0v) is 28.6. The smallest absolute Gasteiger partial charge is 0.492 e. The summed E-state index contributed by atoms with van der Waals surface area (Å²) in [4.78, 5) is 42.2. The van der Waals surface area contributed by atoms with Crippen molar-refractivity contribution in [1.29, 1.82) is 0 Å². The molecule has 2 amide bonds. The molecule has 0 aliphatic carbocycles. The van der Waals surface area contributed by atoms with Crippen LogP contribution >= 0.6 is 0 Å². The summed E-state index contributed by atoms with van der Waals surface area (Å²) in [5.41, 5.74) is -2.01. The van der Waals surface area contributed by atoms with Crippen LogP contribution in [0.1, 0.15) is 35.3 Å². The third-order valence-corrected chi connectivity index (χ3v) is 8.67. The van der Waals surface area contributed by atoms with Gasteiger partial charge >= 0.3 is 12.5 Å². The minimum Gasteiger partial charge on any atom is -0.492 e. The van der Waals surface area contributed by atoms with Crippen LogP contribution in [0.2, 0.25) is 0 Å². The standard InChI is InChI=1S/C31H34F7N5O7S/c1-16-8-20(50-31(36,37)38)7-6-19(16)10-39-29(46)22-13-42(15-30(33,34)35)25-21(27(22)45)9-23(32)26(28(25)49-4)41-11-17(2)43(18(3)12-41)14-24(44)40-51(5,47)48/h6-9,13,17-18H,10-12,14-15H2,1-5H3,(H,39,46)(H,40,44)/t17-,18+. The van der Waals surface area contributed by atoms with Gasteiger partial charge in [-0.2, -0.15) is 13.2 Å². The topological polar surface area (TPSA) is 139 Å². The Bertz CT molecular complexity index is 1990. The second-order valence-corrected chi connectivity index (χ2v) is 13.9. The monoisotopic (exact) mass is 753 g/mol. The fraction of sp³-hybridized carbons (Fsp3) is 0.452. The lowest BCUT2D eigenvalue weighted by atomic mass is 10.0. The Morgan fingerprint density at radius 3 is 2.20 bits per heavy atom. The molecule has 1 aliphatic heterocycles. The number of pyridine rings is 1. The Labute approximate surface area is 287 Å². The van der Waals surface area contributed by atoms with Crippen LogP contribution in [0.5, 0.6) is 11.5 Å². The molecule has 20 heteroatoms. The lowest BCUT2D eigenvalue weighted by Gasteiger charge is -2.45. The number of ether oxygens (including phenoxy) is 2. The number of methoxy groups -OCH3 is 1. The number of aryl methyl sites for hydroxylation is 1. The van der Waals surface area contributed by atoms with Gasteiger partial charge in [-0.25, -0.2) is 12.8 Å². The summed E-state index contributed by atoms with van der Waals surface area (Å²) in [6, 6.07) is 3.00. The minimum absolute atomic E-state index is 0.0159. The molecule has 2 aromatic carbocycles. The Hall–Kier alpha value is -4.59. The zero-order chi connectivity index (χ0) is 38.2. The number of hydrogen-bond acceptors (Lipinski definition) is 9. The molecule has 0 radical (unpaired) electrons. The van der Waals surface area contributed by atoms with Gasteiger partial charge in [0.1, 0.15) is 23.5 Å². The van der Waals surface area contributed by atoms with Crippen molar-refractivity contribution < 1.29 is 58.2 Å². The molecule has 1 aliphatic rings. The van der Waals surface area contributed by atoms with Crippen LogP contribution in [0.15, 0.2) is 35.3 Å². The molecule has 4 rings (SSSR count). The van der Waals surface area contributed by atoms with Crippen molar-refractivity contribution in [1.82, 2.24) is 19.5 Å². The number of fused-ring (bicyclic) bond motifs is 1. The van der Waals surface area contributed by atoms with Gasteiger partial charge in [0.25, 0.3) is 5.91 Å². The van der Waals surface area contributed by atoms with E-state index < -0.39 is 92.2 Å². The molecule has 0 spiro atoms. The first-order valence-electron chi connectivity index (χ1n) is 15.1. The number of carbonyl (C=O) groups is 2. The van der Waals surface area contributed by atoms with E-state index in [9.17, 15) is 49.1 Å². The number of halogens is 7. The van der Waals surface area contributed by atoms with Crippen molar-refractivity contribution in [2.75, 3.05) is 37.9 Å². The summed E-state index contributed by atoms with van der Waals surface area (Å²) in [6.07, 6.45) is -8.32. The second-order valence-electron chi connectivity index (χ2n) is 12.1. The van der Waals surface area contributed by atoms with Crippen LogP contribution in [0.25, 0.3) is 10.9 Å². The van der Waals surface area contributed by atoms with Crippen LogP contribution in [0.3, 0.4) is 0 Å². The molecule has 2 heterocycles. The van der Waals surface area contributed by atoms with Crippen LogP contribution in [0, 0.1) is 12.7 Å². The fourth-order valence-corrected chi connectivity index (χ4v) is 6.52. The maximum absolute atomic E-state index is 16.0. The molecule has 1 fully saturated rings. The maximum Gasteiger partial charge on any atom is 0.573 e. The van der Waals surface area contributed by atoms with E-state index in [2.05, 4.69) is 10.1 Å². The zero-order valence-electron chi connectivity index (χ0n) is 27.8. The normalized spacial score (nSPS) is 17.4. The molecule has 1 aromatic heterocycles. The van der Waals surface area contributed by atoms with E-state index >= 15 is 4.39 Å². The first-order valence-corrected chi connectivity index (χ1v) is 17.0. The maximum atomic E-state index is 16.0. The second kappa shape index (κ2) is 14.6. The number of hydrogen-bond donors (Lipinski definition) is 2. The van der Waals surface area contributed by atoms with Gasteiger partial charge in [-0.1, -0.05) is 6.07 Å². The van der Waals surface area contributed by atoms with E-state index in [-0.39, 0.29) is 37.4 Å². The van der Waals surface area contributed by atoms with E-state index in [4.69, 9.17) is 4.74 Å². The van der Waals surface area contributed by atoms with E-state index in [0.29, 0.717) is 22.4 Å². The predicted molar refractivity (Wildman–Crippen MR) is 171 cm³/mol. The highest BCUT2D eigenvalue weighted by molar-refractivity contribution is 7.89. The number of alkyl halides is 6. The number of aromatic nitrogens is 1. The largest absolute Gasteiger partial charge is 0.573 e. The molecule has 3 aromatic rings. The van der Waals surface area contributed by atoms with Crippen molar-refractivity contribution in [3.63, 3.8) is 0 Å². The molecule has 1 saturated heterocycles. The average molecular weight is 754 g/mol. The molecule has 0 bridgehead atoms. The Morgan fingerprint density at radius 2 is 1.67 bits per heavy atom. The Kier molecular flexibility index (Phi) is 11.2. The van der Waals surface area contributed by atoms with Crippen LogP contribution in [0.4, 0.5) is 36.4 Å². The van der Waals surface area contributed by atoms with Gasteiger partial charge in [-0.05, 0) is 50.1 Å². The number of piperazine rings is 1. The summed E-state index contributed by atoms with van der Waals surface area (Å²) >= 11 is 0. The quantitative estimate of drug-likeness (QED) is 0.296. The van der Waals surface area contributed by atoms with Crippen molar-refractivity contribution in [3.05, 3.63) is 63.2 Å². The van der Waals surface area contributed by atoms with Gasteiger partial charge in [0, 0.05) is 37.9 Å². The van der Waals surface area contributed by atoms with Crippen molar-refractivity contribution in [3.8, 4) is 11.5 Å². The number of amides is 2. The SMILES string of the molecule is COc1c(N2C[C@@H](C)N(CC(=O)NS(C)(=O)=O)[C@@H](C)C2)c(F)cc2c(=O)c(C(=O)NCc3ccc(OC(F)(F)F)cc3C)cn(CC(F)(F)F)c12. The number of nitrogens with one attached hydrogen (secondary N) is 2. The molecule has 2 atom stereocenters. The van der Waals surface area contributed by atoms with Crippen molar-refractivity contribution in [2.24, 2.45) is 0 Å². The van der Waals surface area contributed by atoms with Gasteiger partial charge < -0.3 is 24.3 Å². The third-order valence-electron chi connectivity index (χ3n) is 8.07. The van der Waals surface area contributed by atoms with Crippen LogP contribution in [-0.4, -0.2) is 87.3 Å². The van der Waals surface area contributed by atoms with Crippen LogP contribution in [-0.2, 0) is 27.9 Å². The number of carbonyl (C=O) groups excluding carboxylic acids is 2. The lowest BCUT2D eigenvalue weighted by Crippen LogP contribution is -2.59. The average Bonchev–Trinajstić information content (AvgIpc) is 2.96. The van der Waals surface area contributed by atoms with E-state index in [1.54, 1.807) is 18.7 Å². The molecule has 0 unspecified atom stereocenters. The molecular weight excluding hydrogens is 719 g/mol. The third kappa shape index (κ3) is 9.60. The van der Waals surface area contributed by atoms with E-state index in [1.165, 1.54) is 17.9 Å². The highest BCUT2D eigenvalue weighted by atomic mass is 32.2. The lowest BCUT2D eigenvalue weighted by molar-refractivity contribution is -0.274. The summed E-state index contributed by atoms with van der Waals surface area (Å²) in [5, 5.41) is 1.78. The number of sulfonamides is 1. The predicted octanol–water partition coefficient (Wildman–Crippen LogP) is 3.82. The summed E-state index contributed by atoms with van der Waals surface area (Å²) in [6.45, 7) is 2.47. The van der Waals surface area contributed by atoms with Crippen molar-refractivity contribution in [2.45, 2.75) is 58.5 Å². The van der Waals surface area contributed by atoms with Gasteiger partial charge in [-0.3, -0.25) is 24.0 Å². The number of rotatable bonds is 10. The first-order chi connectivity index (χ1) is 23.5. The Morgan fingerprint density at radius 1 is 1.04 bits per heavy atom. The number of benzene rings is 2. The highest BCUT2D eigenvalue weighted by Crippen LogP contribution is 2.40. The van der Waals surface area contributed by atoms with Crippen LogP contribution < -0.4 is 29.8 Å². The number of nitrogens with zero attached hydrogens (tertiary/aromatic N) is 3. The van der Waals surface area contributed by atoms with Crippen molar-refractivity contribution >= 4 is 38.4 Å². The fourth-order valence-electron chi connectivity index (χ4n) is 6.05. The van der Waals surface area contributed by atoms with Gasteiger partial charge in [0.15, 0.2) is 11.6 Å². The molecule has 51 heavy (non-hydrogen) atoms. The molecule has 2 N–H and O–H groups in total. The molecule has 0 saturated carbocycles. The first kappa shape index (κ1) is 39.2. The van der Waals surface area contributed by atoms with Gasteiger partial charge in [0.05, 0.1) is 30.8 Å². The number of anilines is 1. The van der Waals surface area contributed by atoms with Gasteiger partial charge in [-0.15, -0.1) is 13.2 Å². The molecule has 12 nitrogen and oxygen atoms in total. The summed E-state index contributed by atoms with van der Waals surface area (Å²) in [7, 11) is -2.75. The molecular formula is C31H34F7N5O7S. The molecule has 280 valence electrons. The van der Waals surface area contributed by atoms with E-state index in [1.807, 2.05) is 4.72 Å². The van der Waals surface area contributed by atoms with Gasteiger partial charge in [0.2, 0.25) is 21.4 Å². The highest BCUT2D eigenvalue weighted by Gasteiger charge is 2.36. The summed E-state index contributed by atoms with van der Waals surface area (Å²) < 4.78 is 130. The summed E-state index contributed by atoms with van der Waals surface area (Å²) in [5.74, 6) is -3.91. The van der Waals surface area contributed by atoms with E-state index in [0.717, 1.165) is 25.5 Å². The Balaban J connectivity index is 1.71. The minimum atomic E-state index is -4.94.